The van der Waals surface area contributed by atoms with Gasteiger partial charge in [0.15, 0.2) is 0 Å². The minimum Gasteiger partial charge on any atom is -0.381 e. The van der Waals surface area contributed by atoms with E-state index in [9.17, 15) is 4.39 Å². The van der Waals surface area contributed by atoms with Gasteiger partial charge in [-0.05, 0) is 79.9 Å². The first kappa shape index (κ1) is 13.8. The van der Waals surface area contributed by atoms with E-state index in [0.29, 0.717) is 12.0 Å². The summed E-state index contributed by atoms with van der Waals surface area (Å²) >= 11 is 3.46. The normalized spacial score (nSPS) is 19.8. The zero-order chi connectivity index (χ0) is 13.1. The average molecular weight is 315 g/mol. The van der Waals surface area contributed by atoms with E-state index in [1.807, 2.05) is 0 Å². The maximum absolute atomic E-state index is 13.2. The zero-order valence-electron chi connectivity index (χ0n) is 10.9. The van der Waals surface area contributed by atoms with Crippen molar-refractivity contribution in [3.8, 4) is 0 Å². The molecule has 0 aliphatic carbocycles. The molecule has 0 amide bonds. The van der Waals surface area contributed by atoms with Crippen molar-refractivity contribution >= 4 is 21.6 Å². The molecule has 2 rings (SSSR count). The van der Waals surface area contributed by atoms with Gasteiger partial charge in [-0.25, -0.2) is 4.39 Å². The lowest BCUT2D eigenvalue weighted by Gasteiger charge is -2.33. The average Bonchev–Trinajstić information content (AvgIpc) is 2.34. The summed E-state index contributed by atoms with van der Waals surface area (Å²) in [7, 11) is 2.16. The summed E-state index contributed by atoms with van der Waals surface area (Å²) < 4.78 is 14.1. The van der Waals surface area contributed by atoms with Gasteiger partial charge in [0.05, 0.1) is 5.69 Å². The third kappa shape index (κ3) is 3.45. The van der Waals surface area contributed by atoms with Gasteiger partial charge in [0, 0.05) is 10.5 Å². The molecule has 0 spiro atoms. The molecule has 1 aromatic rings. The number of piperidine rings is 1. The van der Waals surface area contributed by atoms with Gasteiger partial charge in [0.1, 0.15) is 5.82 Å². The monoisotopic (exact) mass is 314 g/mol. The Morgan fingerprint density at radius 3 is 2.72 bits per heavy atom. The SMILES string of the molecule is CC(Nc1cc(F)ccc1Br)C1CCN(C)CC1. The number of rotatable bonds is 3. The van der Waals surface area contributed by atoms with Gasteiger partial charge in [-0.2, -0.15) is 0 Å². The predicted molar refractivity (Wildman–Crippen MR) is 77.4 cm³/mol. The molecule has 1 saturated heterocycles. The van der Waals surface area contributed by atoms with Gasteiger partial charge in [-0.15, -0.1) is 0 Å². The number of hydrogen-bond acceptors (Lipinski definition) is 2. The molecular weight excluding hydrogens is 295 g/mol. The highest BCUT2D eigenvalue weighted by Crippen LogP contribution is 2.27. The largest absolute Gasteiger partial charge is 0.381 e. The van der Waals surface area contributed by atoms with Crippen molar-refractivity contribution in [2.24, 2.45) is 5.92 Å². The van der Waals surface area contributed by atoms with Gasteiger partial charge in [-0.1, -0.05) is 0 Å². The molecular formula is C14H20BrFN2. The fourth-order valence-electron chi connectivity index (χ4n) is 2.50. The van der Waals surface area contributed by atoms with Crippen molar-refractivity contribution in [2.75, 3.05) is 25.5 Å². The maximum atomic E-state index is 13.2. The number of nitrogens with one attached hydrogen (secondary N) is 1. The molecule has 0 aromatic heterocycles. The van der Waals surface area contributed by atoms with E-state index in [0.717, 1.165) is 23.2 Å². The highest BCUT2D eigenvalue weighted by Gasteiger charge is 2.22. The summed E-state index contributed by atoms with van der Waals surface area (Å²) in [6, 6.07) is 5.14. The molecule has 100 valence electrons. The lowest BCUT2D eigenvalue weighted by molar-refractivity contribution is 0.208. The van der Waals surface area contributed by atoms with Crippen molar-refractivity contribution < 1.29 is 4.39 Å². The number of hydrogen-bond donors (Lipinski definition) is 1. The second-order valence-corrected chi connectivity index (χ2v) is 6.05. The molecule has 1 N–H and O–H groups in total. The summed E-state index contributed by atoms with van der Waals surface area (Å²) in [5.41, 5.74) is 0.849. The Kier molecular flexibility index (Phi) is 4.62. The molecule has 0 bridgehead atoms. The fraction of sp³-hybridized carbons (Fsp3) is 0.571. The molecule has 0 saturated carbocycles. The van der Waals surface area contributed by atoms with Crippen LogP contribution in [0, 0.1) is 11.7 Å². The summed E-state index contributed by atoms with van der Waals surface area (Å²) in [6.45, 7) is 4.50. The van der Waals surface area contributed by atoms with Gasteiger partial charge in [0.2, 0.25) is 0 Å². The number of nitrogens with zero attached hydrogens (tertiary/aromatic N) is 1. The molecule has 1 unspecified atom stereocenters. The molecule has 2 nitrogen and oxygen atoms in total. The fourth-order valence-corrected chi connectivity index (χ4v) is 2.86. The number of halogens is 2. The Bertz CT molecular complexity index is 403. The first-order valence-electron chi connectivity index (χ1n) is 6.46. The molecule has 0 radical (unpaired) electrons. The Labute approximate surface area is 117 Å². The summed E-state index contributed by atoms with van der Waals surface area (Å²) in [6.07, 6.45) is 2.41. The van der Waals surface area contributed by atoms with Crippen molar-refractivity contribution in [2.45, 2.75) is 25.8 Å². The van der Waals surface area contributed by atoms with E-state index in [1.54, 1.807) is 12.1 Å². The third-order valence-corrected chi connectivity index (χ3v) is 4.47. The van der Waals surface area contributed by atoms with Crippen LogP contribution in [0.15, 0.2) is 22.7 Å². The summed E-state index contributed by atoms with van der Waals surface area (Å²) in [4.78, 5) is 2.36. The molecule has 1 aromatic carbocycles. The molecule has 1 atom stereocenters. The quantitative estimate of drug-likeness (QED) is 0.914. The molecule has 1 heterocycles. The number of benzene rings is 1. The van der Waals surface area contributed by atoms with E-state index in [-0.39, 0.29) is 5.82 Å². The molecule has 1 aliphatic heterocycles. The summed E-state index contributed by atoms with van der Waals surface area (Å²) in [5, 5.41) is 3.43. The van der Waals surface area contributed by atoms with Crippen molar-refractivity contribution in [1.82, 2.24) is 4.90 Å². The molecule has 1 fully saturated rings. The van der Waals surface area contributed by atoms with E-state index < -0.39 is 0 Å². The van der Waals surface area contributed by atoms with Crippen LogP contribution in [0.3, 0.4) is 0 Å². The molecule has 4 heteroatoms. The third-order valence-electron chi connectivity index (χ3n) is 3.78. The Morgan fingerprint density at radius 1 is 1.39 bits per heavy atom. The number of likely N-dealkylation sites (tertiary alicyclic amines) is 1. The van der Waals surface area contributed by atoms with Crippen LogP contribution in [-0.2, 0) is 0 Å². The van der Waals surface area contributed by atoms with Gasteiger partial charge < -0.3 is 10.2 Å². The van der Waals surface area contributed by atoms with Gasteiger partial charge in [-0.3, -0.25) is 0 Å². The van der Waals surface area contributed by atoms with Crippen LogP contribution in [0.4, 0.5) is 10.1 Å². The number of anilines is 1. The second-order valence-electron chi connectivity index (χ2n) is 5.20. The van der Waals surface area contributed by atoms with E-state index in [2.05, 4.69) is 40.1 Å². The highest BCUT2D eigenvalue weighted by molar-refractivity contribution is 9.10. The van der Waals surface area contributed by atoms with Crippen LogP contribution < -0.4 is 5.32 Å². The standard InChI is InChI=1S/C14H20BrFN2/c1-10(11-5-7-18(2)8-6-11)17-14-9-12(16)3-4-13(14)15/h3-4,9-11,17H,5-8H2,1-2H3. The summed E-state index contributed by atoms with van der Waals surface area (Å²) in [5.74, 6) is 0.465. The van der Waals surface area contributed by atoms with Crippen LogP contribution >= 0.6 is 15.9 Å². The van der Waals surface area contributed by atoms with Gasteiger partial charge in [0.25, 0.3) is 0 Å². The van der Waals surface area contributed by atoms with E-state index >= 15 is 0 Å². The first-order valence-corrected chi connectivity index (χ1v) is 7.25. The smallest absolute Gasteiger partial charge is 0.125 e. The minimum atomic E-state index is -0.198. The van der Waals surface area contributed by atoms with E-state index in [4.69, 9.17) is 0 Å². The zero-order valence-corrected chi connectivity index (χ0v) is 12.5. The van der Waals surface area contributed by atoms with Crippen LogP contribution in [0.2, 0.25) is 0 Å². The molecule has 1 aliphatic rings. The lowest BCUT2D eigenvalue weighted by Crippen LogP contribution is -2.37. The highest BCUT2D eigenvalue weighted by atomic mass is 79.9. The van der Waals surface area contributed by atoms with Crippen LogP contribution in [0.25, 0.3) is 0 Å². The van der Waals surface area contributed by atoms with Crippen molar-refractivity contribution in [3.05, 3.63) is 28.5 Å². The van der Waals surface area contributed by atoms with Crippen LogP contribution in [0.5, 0.6) is 0 Å². The second kappa shape index (κ2) is 6.02. The molecule has 18 heavy (non-hydrogen) atoms. The van der Waals surface area contributed by atoms with E-state index in [1.165, 1.54) is 18.9 Å². The van der Waals surface area contributed by atoms with Crippen molar-refractivity contribution in [3.63, 3.8) is 0 Å². The first-order chi connectivity index (χ1) is 8.56. The predicted octanol–water partition coefficient (Wildman–Crippen LogP) is 3.73. The maximum Gasteiger partial charge on any atom is 0.125 e. The topological polar surface area (TPSA) is 15.3 Å². The van der Waals surface area contributed by atoms with Crippen LogP contribution in [-0.4, -0.2) is 31.1 Å². The van der Waals surface area contributed by atoms with Crippen molar-refractivity contribution in [1.29, 1.82) is 0 Å². The Morgan fingerprint density at radius 2 is 2.06 bits per heavy atom. The minimum absolute atomic E-state index is 0.198. The van der Waals surface area contributed by atoms with Gasteiger partial charge >= 0.3 is 0 Å². The Hall–Kier alpha value is -0.610. The van der Waals surface area contributed by atoms with Crippen LogP contribution in [0.1, 0.15) is 19.8 Å². The lowest BCUT2D eigenvalue weighted by atomic mass is 9.90. The Balaban J connectivity index is 1.98.